The van der Waals surface area contributed by atoms with Crippen molar-refractivity contribution in [3.63, 3.8) is 0 Å². The first kappa shape index (κ1) is 14.4. The van der Waals surface area contributed by atoms with E-state index in [0.29, 0.717) is 24.2 Å². The molecule has 2 rings (SSSR count). The third kappa shape index (κ3) is 2.92. The van der Waals surface area contributed by atoms with Gasteiger partial charge in [0.25, 0.3) is 5.91 Å². The van der Waals surface area contributed by atoms with Crippen LogP contribution in [-0.4, -0.2) is 28.6 Å². The molecule has 0 bridgehead atoms. The summed E-state index contributed by atoms with van der Waals surface area (Å²) < 4.78 is 5.49. The molecule has 2 N–H and O–H groups in total. The predicted molar refractivity (Wildman–Crippen MR) is 73.9 cm³/mol. The molecule has 5 nitrogen and oxygen atoms in total. The summed E-state index contributed by atoms with van der Waals surface area (Å²) in [5, 5.41) is 11.8. The lowest BCUT2D eigenvalue weighted by molar-refractivity contribution is -0.148. The van der Waals surface area contributed by atoms with E-state index in [2.05, 4.69) is 5.32 Å². The van der Waals surface area contributed by atoms with Crippen molar-refractivity contribution in [2.75, 3.05) is 0 Å². The first-order valence-electron chi connectivity index (χ1n) is 6.75. The van der Waals surface area contributed by atoms with Crippen LogP contribution in [0.5, 0.6) is 5.75 Å². The number of carbonyl (C=O) groups is 2. The third-order valence-corrected chi connectivity index (χ3v) is 3.46. The largest absolute Gasteiger partial charge is 0.491 e. The zero-order valence-electron chi connectivity index (χ0n) is 11.7. The maximum absolute atomic E-state index is 12.1. The summed E-state index contributed by atoms with van der Waals surface area (Å²) >= 11 is 0. The van der Waals surface area contributed by atoms with Gasteiger partial charge in [-0.15, -0.1) is 0 Å². The number of carbonyl (C=O) groups excluding carboxylic acids is 1. The molecule has 108 valence electrons. The van der Waals surface area contributed by atoms with E-state index >= 15 is 0 Å². The Labute approximate surface area is 117 Å². The maximum atomic E-state index is 12.1. The van der Waals surface area contributed by atoms with Crippen molar-refractivity contribution in [1.82, 2.24) is 5.32 Å². The molecule has 5 heteroatoms. The van der Waals surface area contributed by atoms with Gasteiger partial charge in [-0.3, -0.25) is 4.79 Å². The lowest BCUT2D eigenvalue weighted by Crippen LogP contribution is -2.59. The Morgan fingerprint density at radius 3 is 2.25 bits per heavy atom. The van der Waals surface area contributed by atoms with Crippen molar-refractivity contribution in [3.8, 4) is 5.75 Å². The number of hydrogen-bond donors (Lipinski definition) is 2. The van der Waals surface area contributed by atoms with Crippen LogP contribution in [0.4, 0.5) is 0 Å². The molecule has 1 aliphatic rings. The zero-order valence-corrected chi connectivity index (χ0v) is 11.7. The van der Waals surface area contributed by atoms with E-state index in [1.165, 1.54) is 0 Å². The second-order valence-electron chi connectivity index (χ2n) is 5.39. The smallest absolute Gasteiger partial charge is 0.329 e. The minimum Gasteiger partial charge on any atom is -0.491 e. The second kappa shape index (κ2) is 5.53. The number of nitrogens with one attached hydrogen (secondary N) is 1. The minimum absolute atomic E-state index is 0.0694. The van der Waals surface area contributed by atoms with Gasteiger partial charge in [-0.2, -0.15) is 0 Å². The number of benzene rings is 1. The van der Waals surface area contributed by atoms with Crippen molar-refractivity contribution in [2.24, 2.45) is 0 Å². The number of carboxylic acid groups (broad SMARTS) is 1. The summed E-state index contributed by atoms with van der Waals surface area (Å²) in [5.74, 6) is -0.631. The molecule has 0 aliphatic heterocycles. The van der Waals surface area contributed by atoms with Gasteiger partial charge in [0.15, 0.2) is 0 Å². The van der Waals surface area contributed by atoms with E-state index in [1.807, 2.05) is 13.8 Å². The van der Waals surface area contributed by atoms with E-state index in [-0.39, 0.29) is 12.0 Å². The molecule has 1 fully saturated rings. The van der Waals surface area contributed by atoms with E-state index < -0.39 is 11.5 Å². The Bertz CT molecular complexity index is 503. The molecule has 0 radical (unpaired) electrons. The van der Waals surface area contributed by atoms with Crippen molar-refractivity contribution in [2.45, 2.75) is 44.8 Å². The van der Waals surface area contributed by atoms with Crippen LogP contribution in [0.3, 0.4) is 0 Å². The number of carboxylic acids is 1. The number of rotatable bonds is 5. The fourth-order valence-electron chi connectivity index (χ4n) is 2.17. The molecule has 1 amide bonds. The zero-order chi connectivity index (χ0) is 14.8. The lowest BCUT2D eigenvalue weighted by atomic mass is 9.76. The van der Waals surface area contributed by atoms with Gasteiger partial charge in [0, 0.05) is 5.56 Å². The van der Waals surface area contributed by atoms with Crippen LogP contribution in [0.15, 0.2) is 24.3 Å². The molecule has 0 saturated heterocycles. The number of hydrogen-bond acceptors (Lipinski definition) is 3. The summed E-state index contributed by atoms with van der Waals surface area (Å²) in [4.78, 5) is 23.3. The molecule has 1 aliphatic carbocycles. The Morgan fingerprint density at radius 1 is 1.25 bits per heavy atom. The molecule has 1 aromatic carbocycles. The SMILES string of the molecule is CC(C)Oc1ccc(C(=O)NC2(C(=O)O)CCC2)cc1. The molecule has 0 aromatic heterocycles. The third-order valence-electron chi connectivity index (χ3n) is 3.46. The fraction of sp³-hybridized carbons (Fsp3) is 0.467. The Kier molecular flexibility index (Phi) is 3.97. The van der Waals surface area contributed by atoms with E-state index in [4.69, 9.17) is 4.74 Å². The monoisotopic (exact) mass is 277 g/mol. The fourth-order valence-corrected chi connectivity index (χ4v) is 2.17. The summed E-state index contributed by atoms with van der Waals surface area (Å²) in [7, 11) is 0. The Balaban J connectivity index is 2.04. The molecule has 0 unspecified atom stereocenters. The normalized spacial score (nSPS) is 16.4. The highest BCUT2D eigenvalue weighted by Crippen LogP contribution is 2.32. The average Bonchev–Trinajstić information content (AvgIpc) is 2.33. The van der Waals surface area contributed by atoms with Crippen molar-refractivity contribution >= 4 is 11.9 Å². The summed E-state index contributed by atoms with van der Waals surface area (Å²) in [6, 6.07) is 6.70. The average molecular weight is 277 g/mol. The van der Waals surface area contributed by atoms with Crippen LogP contribution in [0.25, 0.3) is 0 Å². The van der Waals surface area contributed by atoms with Crippen LogP contribution < -0.4 is 10.1 Å². The van der Waals surface area contributed by atoms with Gasteiger partial charge in [0.05, 0.1) is 6.10 Å². The minimum atomic E-state index is -1.08. The first-order valence-corrected chi connectivity index (χ1v) is 6.75. The van der Waals surface area contributed by atoms with Gasteiger partial charge in [0.1, 0.15) is 11.3 Å². The predicted octanol–water partition coefficient (Wildman–Crippen LogP) is 2.21. The number of aliphatic carboxylic acids is 1. The molecule has 20 heavy (non-hydrogen) atoms. The molecular weight excluding hydrogens is 258 g/mol. The van der Waals surface area contributed by atoms with Gasteiger partial charge in [-0.1, -0.05) is 0 Å². The van der Waals surface area contributed by atoms with Gasteiger partial charge in [-0.25, -0.2) is 4.79 Å². The Morgan fingerprint density at radius 2 is 1.85 bits per heavy atom. The quantitative estimate of drug-likeness (QED) is 0.865. The van der Waals surface area contributed by atoms with Crippen molar-refractivity contribution < 1.29 is 19.4 Å². The second-order valence-corrected chi connectivity index (χ2v) is 5.39. The summed E-state index contributed by atoms with van der Waals surface area (Å²) in [6.07, 6.45) is 1.87. The highest BCUT2D eigenvalue weighted by molar-refractivity contribution is 5.98. The summed E-state index contributed by atoms with van der Waals surface area (Å²) in [5.41, 5.74) is -0.641. The van der Waals surface area contributed by atoms with Gasteiger partial charge >= 0.3 is 5.97 Å². The van der Waals surface area contributed by atoms with Gasteiger partial charge < -0.3 is 15.2 Å². The van der Waals surface area contributed by atoms with E-state index in [9.17, 15) is 14.7 Å². The molecule has 0 spiro atoms. The molecule has 1 saturated carbocycles. The van der Waals surface area contributed by atoms with Crippen LogP contribution in [0.1, 0.15) is 43.5 Å². The molecular formula is C15H19NO4. The molecule has 0 heterocycles. The van der Waals surface area contributed by atoms with Crippen LogP contribution >= 0.6 is 0 Å². The number of ether oxygens (including phenoxy) is 1. The van der Waals surface area contributed by atoms with Crippen molar-refractivity contribution in [1.29, 1.82) is 0 Å². The van der Waals surface area contributed by atoms with Crippen molar-refractivity contribution in [3.05, 3.63) is 29.8 Å². The summed E-state index contributed by atoms with van der Waals surface area (Å²) in [6.45, 7) is 3.85. The van der Waals surface area contributed by atoms with Gasteiger partial charge in [-0.05, 0) is 57.4 Å². The maximum Gasteiger partial charge on any atom is 0.329 e. The topological polar surface area (TPSA) is 75.6 Å². The van der Waals surface area contributed by atoms with E-state index in [1.54, 1.807) is 24.3 Å². The van der Waals surface area contributed by atoms with E-state index in [0.717, 1.165) is 6.42 Å². The number of amides is 1. The highest BCUT2D eigenvalue weighted by atomic mass is 16.5. The molecule has 0 atom stereocenters. The van der Waals surface area contributed by atoms with Crippen LogP contribution in [0, 0.1) is 0 Å². The molecule has 1 aromatic rings. The first-order chi connectivity index (χ1) is 9.43. The highest BCUT2D eigenvalue weighted by Gasteiger charge is 2.45. The lowest BCUT2D eigenvalue weighted by Gasteiger charge is -2.38. The van der Waals surface area contributed by atoms with Crippen LogP contribution in [-0.2, 0) is 4.79 Å². The van der Waals surface area contributed by atoms with Crippen LogP contribution in [0.2, 0.25) is 0 Å². The van der Waals surface area contributed by atoms with Gasteiger partial charge in [0.2, 0.25) is 0 Å². The standard InChI is InChI=1S/C15H19NO4/c1-10(2)20-12-6-4-11(5-7-12)13(17)16-15(14(18)19)8-3-9-15/h4-7,10H,3,8-9H2,1-2H3,(H,16,17)(H,18,19). The Hall–Kier alpha value is -2.04.